The maximum absolute atomic E-state index is 5.53. The van der Waals surface area contributed by atoms with Crippen molar-refractivity contribution in [3.63, 3.8) is 0 Å². The van der Waals surface area contributed by atoms with Crippen molar-refractivity contribution < 1.29 is 4.74 Å². The van der Waals surface area contributed by atoms with Gasteiger partial charge in [-0.1, -0.05) is 58.4 Å². The maximum atomic E-state index is 5.53. The van der Waals surface area contributed by atoms with Crippen molar-refractivity contribution in [2.45, 2.75) is 46.5 Å². The van der Waals surface area contributed by atoms with E-state index in [1.807, 2.05) is 12.1 Å². The molecule has 96 valence electrons. The molecule has 0 spiro atoms. The van der Waals surface area contributed by atoms with Crippen LogP contribution in [0.1, 0.15) is 46.6 Å². The Bertz CT molecular complexity index is 346. The van der Waals surface area contributed by atoms with Crippen molar-refractivity contribution in [2.75, 3.05) is 6.07 Å². The molecule has 1 nitrogen and oxygen atoms in total. The first kappa shape index (κ1) is 14.4. The number of rotatable bonds is 4. The summed E-state index contributed by atoms with van der Waals surface area (Å²) in [5.41, 5.74) is 1.85. The molecule has 2 heteroatoms. The van der Waals surface area contributed by atoms with Gasteiger partial charge in [0.25, 0.3) is 0 Å². The zero-order valence-corrected chi connectivity index (χ0v) is 12.3. The predicted molar refractivity (Wildman–Crippen MR) is 74.9 cm³/mol. The third-order valence-corrected chi connectivity index (χ3v) is 2.94. The van der Waals surface area contributed by atoms with E-state index in [2.05, 4.69) is 46.8 Å². The molecule has 0 aliphatic carbocycles. The Morgan fingerprint density at radius 1 is 1.00 bits per heavy atom. The van der Waals surface area contributed by atoms with Crippen LogP contribution in [0, 0.1) is 5.41 Å². The zero-order chi connectivity index (χ0) is 13.1. The molecule has 0 amide bonds. The van der Waals surface area contributed by atoms with Gasteiger partial charge in [-0.3, -0.25) is 0 Å². The molecule has 17 heavy (non-hydrogen) atoms. The second kappa shape index (κ2) is 5.30. The predicted octanol–water partition coefficient (Wildman–Crippen LogP) is 4.98. The van der Waals surface area contributed by atoms with Crippen LogP contribution in [0.2, 0.25) is 0 Å². The average molecular weight is 255 g/mol. The second-order valence-electron chi connectivity index (χ2n) is 6.40. The van der Waals surface area contributed by atoms with Crippen LogP contribution >= 0.6 is 11.6 Å². The van der Waals surface area contributed by atoms with Gasteiger partial charge in [0.05, 0.1) is 0 Å². The van der Waals surface area contributed by atoms with E-state index in [1.165, 1.54) is 5.56 Å². The molecule has 1 aromatic carbocycles. The molecular weight excluding hydrogens is 232 g/mol. The van der Waals surface area contributed by atoms with Crippen LogP contribution in [0.15, 0.2) is 24.3 Å². The van der Waals surface area contributed by atoms with Gasteiger partial charge in [0.2, 0.25) is 0 Å². The van der Waals surface area contributed by atoms with Gasteiger partial charge < -0.3 is 4.74 Å². The SMILES string of the molecule is CC(C)(C)CC(C)(C)c1ccc(OCCl)cc1. The topological polar surface area (TPSA) is 9.23 Å². The highest BCUT2D eigenvalue weighted by Crippen LogP contribution is 2.36. The maximum Gasteiger partial charge on any atom is 0.162 e. The van der Waals surface area contributed by atoms with Crippen molar-refractivity contribution in [3.8, 4) is 5.75 Å². The fourth-order valence-corrected chi connectivity index (χ4v) is 2.62. The second-order valence-corrected chi connectivity index (χ2v) is 6.62. The average Bonchev–Trinajstić information content (AvgIpc) is 2.15. The highest BCUT2D eigenvalue weighted by atomic mass is 35.5. The minimum absolute atomic E-state index is 0.178. The van der Waals surface area contributed by atoms with E-state index in [-0.39, 0.29) is 11.5 Å². The third-order valence-electron chi connectivity index (χ3n) is 2.83. The van der Waals surface area contributed by atoms with Gasteiger partial charge in [0, 0.05) is 0 Å². The molecule has 0 N–H and O–H groups in total. The molecule has 0 heterocycles. The largest absolute Gasteiger partial charge is 0.478 e. The Morgan fingerprint density at radius 3 is 1.94 bits per heavy atom. The molecule has 0 saturated carbocycles. The number of hydrogen-bond acceptors (Lipinski definition) is 1. The van der Waals surface area contributed by atoms with Gasteiger partial charge in [-0.25, -0.2) is 0 Å². The van der Waals surface area contributed by atoms with Crippen LogP contribution in [-0.2, 0) is 5.41 Å². The van der Waals surface area contributed by atoms with Crippen molar-refractivity contribution in [1.82, 2.24) is 0 Å². The number of alkyl halides is 1. The number of hydrogen-bond donors (Lipinski definition) is 0. The summed E-state index contributed by atoms with van der Waals surface area (Å²) in [5, 5.41) is 0. The summed E-state index contributed by atoms with van der Waals surface area (Å²) in [6.07, 6.45) is 1.15. The Balaban J connectivity index is 2.84. The van der Waals surface area contributed by atoms with E-state index in [4.69, 9.17) is 16.3 Å². The molecule has 0 saturated heterocycles. The Hall–Kier alpha value is -0.690. The highest BCUT2D eigenvalue weighted by Gasteiger charge is 2.27. The number of benzene rings is 1. The molecule has 0 aliphatic heterocycles. The summed E-state index contributed by atoms with van der Waals surface area (Å²) in [6.45, 7) is 11.4. The van der Waals surface area contributed by atoms with E-state index in [0.29, 0.717) is 5.41 Å². The van der Waals surface area contributed by atoms with Crippen LogP contribution in [0.25, 0.3) is 0 Å². The monoisotopic (exact) mass is 254 g/mol. The smallest absolute Gasteiger partial charge is 0.162 e. The van der Waals surface area contributed by atoms with Gasteiger partial charge in [-0.15, -0.1) is 0 Å². The fourth-order valence-electron chi connectivity index (χ4n) is 2.49. The minimum atomic E-state index is 0.178. The summed E-state index contributed by atoms with van der Waals surface area (Å²) in [6, 6.07) is 8.44. The Morgan fingerprint density at radius 2 is 1.53 bits per heavy atom. The summed E-state index contributed by atoms with van der Waals surface area (Å²) in [7, 11) is 0. The standard InChI is InChI=1S/C15H23ClO/c1-14(2,3)10-15(4,5)12-6-8-13(9-7-12)17-11-16/h6-9H,10-11H2,1-5H3. The van der Waals surface area contributed by atoms with Crippen LogP contribution in [-0.4, -0.2) is 6.07 Å². The molecule has 0 fully saturated rings. The summed E-state index contributed by atoms with van der Waals surface area (Å²) >= 11 is 5.53. The van der Waals surface area contributed by atoms with Gasteiger partial charge in [0.1, 0.15) is 5.75 Å². The van der Waals surface area contributed by atoms with Gasteiger partial charge in [0.15, 0.2) is 6.07 Å². The van der Waals surface area contributed by atoms with Crippen molar-refractivity contribution in [2.24, 2.45) is 5.41 Å². The number of ether oxygens (including phenoxy) is 1. The van der Waals surface area contributed by atoms with Gasteiger partial charge >= 0.3 is 0 Å². The molecule has 0 aliphatic rings. The summed E-state index contributed by atoms with van der Waals surface area (Å²) < 4.78 is 5.24. The van der Waals surface area contributed by atoms with E-state index in [9.17, 15) is 0 Å². The molecule has 0 atom stereocenters. The van der Waals surface area contributed by atoms with E-state index < -0.39 is 0 Å². The zero-order valence-electron chi connectivity index (χ0n) is 11.5. The van der Waals surface area contributed by atoms with Crippen LogP contribution in [0.4, 0.5) is 0 Å². The van der Waals surface area contributed by atoms with Crippen LogP contribution in [0.3, 0.4) is 0 Å². The number of halogens is 1. The van der Waals surface area contributed by atoms with E-state index in [1.54, 1.807) is 0 Å². The first-order valence-corrected chi connectivity index (χ1v) is 6.57. The molecule has 0 bridgehead atoms. The molecule has 0 radical (unpaired) electrons. The molecule has 1 rings (SSSR count). The Kier molecular flexibility index (Phi) is 4.48. The molecule has 0 aromatic heterocycles. The fraction of sp³-hybridized carbons (Fsp3) is 0.600. The highest BCUT2D eigenvalue weighted by molar-refractivity contribution is 6.17. The minimum Gasteiger partial charge on any atom is -0.478 e. The van der Waals surface area contributed by atoms with Crippen molar-refractivity contribution in [1.29, 1.82) is 0 Å². The van der Waals surface area contributed by atoms with Gasteiger partial charge in [-0.2, -0.15) is 0 Å². The summed E-state index contributed by atoms with van der Waals surface area (Å²) in [5.74, 6) is 0.829. The Labute approximate surface area is 110 Å². The molecule has 0 unspecified atom stereocenters. The van der Waals surface area contributed by atoms with Crippen LogP contribution < -0.4 is 4.74 Å². The van der Waals surface area contributed by atoms with Gasteiger partial charge in [-0.05, 0) is 34.9 Å². The quantitative estimate of drug-likeness (QED) is 0.689. The van der Waals surface area contributed by atoms with E-state index in [0.717, 1.165) is 12.2 Å². The lowest BCUT2D eigenvalue weighted by Crippen LogP contribution is -2.24. The first-order chi connectivity index (χ1) is 7.74. The van der Waals surface area contributed by atoms with E-state index >= 15 is 0 Å². The third kappa shape index (κ3) is 4.59. The molecule has 1 aromatic rings. The van der Waals surface area contributed by atoms with Crippen molar-refractivity contribution >= 4 is 11.6 Å². The normalized spacial score (nSPS) is 12.6. The summed E-state index contributed by atoms with van der Waals surface area (Å²) in [4.78, 5) is 0. The molecular formula is C15H23ClO. The lowest BCUT2D eigenvalue weighted by molar-refractivity contribution is 0.284. The lowest BCUT2D eigenvalue weighted by atomic mass is 9.72. The lowest BCUT2D eigenvalue weighted by Gasteiger charge is -2.33. The van der Waals surface area contributed by atoms with Crippen LogP contribution in [0.5, 0.6) is 5.75 Å². The first-order valence-electron chi connectivity index (χ1n) is 6.04. The van der Waals surface area contributed by atoms with Crippen molar-refractivity contribution in [3.05, 3.63) is 29.8 Å².